The quantitative estimate of drug-likeness (QED) is 0.483. The van der Waals surface area contributed by atoms with E-state index in [-0.39, 0.29) is 0 Å². The van der Waals surface area contributed by atoms with Crippen LogP contribution in [0.25, 0.3) is 0 Å². The predicted molar refractivity (Wildman–Crippen MR) is 48.5 cm³/mol. The number of carbonyl (C=O) groups is 1. The highest BCUT2D eigenvalue weighted by molar-refractivity contribution is 5.80. The van der Waals surface area contributed by atoms with Gasteiger partial charge in [0, 0.05) is 11.8 Å². The average molecular weight is 167 g/mol. The lowest BCUT2D eigenvalue weighted by Crippen LogP contribution is -2.01. The van der Waals surface area contributed by atoms with Gasteiger partial charge < -0.3 is 10.4 Å². The molecule has 0 unspecified atom stereocenters. The fourth-order valence-corrected chi connectivity index (χ4v) is 0.674. The zero-order chi connectivity index (χ0) is 9.40. The number of carboxylic acid groups (broad SMARTS) is 1. The molecular weight excluding hydrogens is 154 g/mol. The smallest absolute Gasteiger partial charge is 0.328 e. The van der Waals surface area contributed by atoms with Gasteiger partial charge in [0.2, 0.25) is 0 Å². The topological polar surface area (TPSA) is 49.3 Å². The van der Waals surface area contributed by atoms with Crippen LogP contribution in [0.4, 0.5) is 0 Å². The van der Waals surface area contributed by atoms with Crippen LogP contribution >= 0.6 is 0 Å². The first kappa shape index (κ1) is 10.5. The van der Waals surface area contributed by atoms with Crippen molar-refractivity contribution in [3.05, 3.63) is 36.7 Å². The molecule has 0 atom stereocenters. The number of nitrogens with one attached hydrogen (secondary N) is 1. The molecule has 66 valence electrons. The maximum Gasteiger partial charge on any atom is 0.328 e. The molecule has 0 aliphatic carbocycles. The molecule has 0 fully saturated rings. The van der Waals surface area contributed by atoms with Gasteiger partial charge in [0.15, 0.2) is 0 Å². The minimum absolute atomic E-state index is 0.745. The third-order valence-electron chi connectivity index (χ3n) is 1.10. The van der Waals surface area contributed by atoms with Crippen molar-refractivity contribution in [2.75, 3.05) is 0 Å². The zero-order valence-corrected chi connectivity index (χ0v) is 7.08. The molecule has 0 aromatic heterocycles. The molecule has 0 heterocycles. The van der Waals surface area contributed by atoms with Crippen LogP contribution < -0.4 is 5.32 Å². The van der Waals surface area contributed by atoms with Gasteiger partial charge in [-0.05, 0) is 18.7 Å². The van der Waals surface area contributed by atoms with E-state index in [1.807, 2.05) is 13.0 Å². The Kier molecular flexibility index (Phi) is 5.43. The normalized spacial score (nSPS) is 11.6. The molecule has 0 rings (SSSR count). The highest BCUT2D eigenvalue weighted by Gasteiger charge is 1.88. The average Bonchev–Trinajstić information content (AvgIpc) is 2.01. The standard InChI is InChI=1S/C9H13NO2/c1-3-5-8(10-4-2)6-7-9(11)12/h4-7,10H,2-3H2,1H3,(H,11,12)/b7-6+,8-5-. The van der Waals surface area contributed by atoms with Crippen molar-refractivity contribution in [3.63, 3.8) is 0 Å². The summed E-state index contributed by atoms with van der Waals surface area (Å²) in [6.07, 6.45) is 6.81. The SMILES string of the molecule is C=CNC(=C\CC)/C=C/C(=O)O. The van der Waals surface area contributed by atoms with Gasteiger partial charge in [0.1, 0.15) is 0 Å². The minimum Gasteiger partial charge on any atom is -0.478 e. The minimum atomic E-state index is -0.956. The Morgan fingerprint density at radius 3 is 2.67 bits per heavy atom. The monoisotopic (exact) mass is 167 g/mol. The van der Waals surface area contributed by atoms with Crippen LogP contribution in [0.5, 0.6) is 0 Å². The van der Waals surface area contributed by atoms with E-state index in [0.717, 1.165) is 18.2 Å². The maximum absolute atomic E-state index is 10.1. The van der Waals surface area contributed by atoms with Gasteiger partial charge >= 0.3 is 5.97 Å². The molecule has 0 aliphatic heterocycles. The number of aliphatic carboxylic acids is 1. The van der Waals surface area contributed by atoms with Crippen LogP contribution in [0.1, 0.15) is 13.3 Å². The van der Waals surface area contributed by atoms with Gasteiger partial charge in [-0.1, -0.05) is 19.6 Å². The van der Waals surface area contributed by atoms with Crippen molar-refractivity contribution in [1.29, 1.82) is 0 Å². The summed E-state index contributed by atoms with van der Waals surface area (Å²) in [5, 5.41) is 11.1. The van der Waals surface area contributed by atoms with E-state index >= 15 is 0 Å². The van der Waals surface area contributed by atoms with E-state index in [9.17, 15) is 4.79 Å². The summed E-state index contributed by atoms with van der Waals surface area (Å²) < 4.78 is 0. The van der Waals surface area contributed by atoms with E-state index in [0.29, 0.717) is 0 Å². The molecule has 2 N–H and O–H groups in total. The second-order valence-electron chi connectivity index (χ2n) is 2.09. The molecule has 0 saturated heterocycles. The molecule has 0 bridgehead atoms. The first-order chi connectivity index (χ1) is 5.70. The van der Waals surface area contributed by atoms with Crippen LogP contribution in [-0.4, -0.2) is 11.1 Å². The first-order valence-corrected chi connectivity index (χ1v) is 3.69. The largest absolute Gasteiger partial charge is 0.478 e. The Hall–Kier alpha value is -1.51. The lowest BCUT2D eigenvalue weighted by Gasteiger charge is -1.98. The summed E-state index contributed by atoms with van der Waals surface area (Å²) in [4.78, 5) is 10.1. The summed E-state index contributed by atoms with van der Waals surface area (Å²) in [5.74, 6) is -0.956. The molecule has 0 radical (unpaired) electrons. The molecule has 0 saturated carbocycles. The zero-order valence-electron chi connectivity index (χ0n) is 7.08. The molecule has 3 heteroatoms. The second-order valence-corrected chi connectivity index (χ2v) is 2.09. The summed E-state index contributed by atoms with van der Waals surface area (Å²) in [7, 11) is 0. The Morgan fingerprint density at radius 2 is 2.25 bits per heavy atom. The highest BCUT2D eigenvalue weighted by Crippen LogP contribution is 1.94. The van der Waals surface area contributed by atoms with E-state index in [4.69, 9.17) is 5.11 Å². The third-order valence-corrected chi connectivity index (χ3v) is 1.10. The fourth-order valence-electron chi connectivity index (χ4n) is 0.674. The molecule has 0 amide bonds. The van der Waals surface area contributed by atoms with Crippen LogP contribution in [0.15, 0.2) is 36.7 Å². The van der Waals surface area contributed by atoms with Crippen LogP contribution in [-0.2, 0) is 4.79 Å². The van der Waals surface area contributed by atoms with Gasteiger partial charge in [-0.15, -0.1) is 0 Å². The van der Waals surface area contributed by atoms with Crippen molar-refractivity contribution in [3.8, 4) is 0 Å². The lowest BCUT2D eigenvalue weighted by atomic mass is 10.3. The highest BCUT2D eigenvalue weighted by atomic mass is 16.4. The van der Waals surface area contributed by atoms with Gasteiger partial charge in [0.25, 0.3) is 0 Å². The van der Waals surface area contributed by atoms with Crippen molar-refractivity contribution >= 4 is 5.97 Å². The number of carboxylic acids is 1. The van der Waals surface area contributed by atoms with Gasteiger partial charge in [-0.2, -0.15) is 0 Å². The first-order valence-electron chi connectivity index (χ1n) is 3.69. The van der Waals surface area contributed by atoms with Crippen molar-refractivity contribution in [2.24, 2.45) is 0 Å². The molecule has 0 aromatic rings. The molecule has 12 heavy (non-hydrogen) atoms. The predicted octanol–water partition coefficient (Wildman–Crippen LogP) is 1.65. The maximum atomic E-state index is 10.1. The second kappa shape index (κ2) is 6.22. The Bertz CT molecular complexity index is 217. The fraction of sp³-hybridized carbons (Fsp3) is 0.222. The van der Waals surface area contributed by atoms with Crippen LogP contribution in [0.2, 0.25) is 0 Å². The summed E-state index contributed by atoms with van der Waals surface area (Å²) in [6, 6.07) is 0. The summed E-state index contributed by atoms with van der Waals surface area (Å²) >= 11 is 0. The molecule has 0 aromatic carbocycles. The number of rotatable bonds is 5. The Balaban J connectivity index is 4.22. The van der Waals surface area contributed by atoms with E-state index in [2.05, 4.69) is 11.9 Å². The van der Waals surface area contributed by atoms with Crippen LogP contribution in [0.3, 0.4) is 0 Å². The van der Waals surface area contributed by atoms with Gasteiger partial charge in [-0.3, -0.25) is 0 Å². The van der Waals surface area contributed by atoms with E-state index in [1.54, 1.807) is 0 Å². The Labute approximate surface area is 72.1 Å². The number of hydrogen-bond donors (Lipinski definition) is 2. The number of hydrogen-bond acceptors (Lipinski definition) is 2. The van der Waals surface area contributed by atoms with Gasteiger partial charge in [0.05, 0.1) is 0 Å². The third kappa shape index (κ3) is 5.29. The lowest BCUT2D eigenvalue weighted by molar-refractivity contribution is -0.131. The van der Waals surface area contributed by atoms with Crippen molar-refractivity contribution < 1.29 is 9.90 Å². The van der Waals surface area contributed by atoms with Gasteiger partial charge in [-0.25, -0.2) is 4.79 Å². The van der Waals surface area contributed by atoms with Crippen molar-refractivity contribution in [2.45, 2.75) is 13.3 Å². The number of allylic oxidation sites excluding steroid dienone is 2. The molecular formula is C9H13NO2. The summed E-state index contributed by atoms with van der Waals surface area (Å²) in [5.41, 5.74) is 0.745. The Morgan fingerprint density at radius 1 is 1.58 bits per heavy atom. The summed E-state index contributed by atoms with van der Waals surface area (Å²) in [6.45, 7) is 5.45. The van der Waals surface area contributed by atoms with Crippen LogP contribution in [0, 0.1) is 0 Å². The van der Waals surface area contributed by atoms with E-state index in [1.165, 1.54) is 12.3 Å². The van der Waals surface area contributed by atoms with E-state index < -0.39 is 5.97 Å². The molecule has 0 spiro atoms. The molecule has 0 aliphatic rings. The van der Waals surface area contributed by atoms with Crippen molar-refractivity contribution in [1.82, 2.24) is 5.32 Å². The molecule has 3 nitrogen and oxygen atoms in total.